The summed E-state index contributed by atoms with van der Waals surface area (Å²) in [5.74, 6) is 0.257. The number of carbonyl (C=O) groups excluding carboxylic acids is 1. The summed E-state index contributed by atoms with van der Waals surface area (Å²) in [6.45, 7) is 5.76. The van der Waals surface area contributed by atoms with E-state index < -0.39 is 0 Å². The molecule has 0 aromatic carbocycles. The Kier molecular flexibility index (Phi) is 6.04. The fraction of sp³-hybridized carbons (Fsp3) is 0.684. The van der Waals surface area contributed by atoms with Gasteiger partial charge in [0.15, 0.2) is 0 Å². The van der Waals surface area contributed by atoms with E-state index in [0.717, 1.165) is 52.2 Å². The van der Waals surface area contributed by atoms with Gasteiger partial charge in [0.05, 0.1) is 5.92 Å². The number of nitrogens with one attached hydrogen (secondary N) is 1. The molecule has 2 aliphatic heterocycles. The van der Waals surface area contributed by atoms with E-state index in [0.29, 0.717) is 6.54 Å². The highest BCUT2D eigenvalue weighted by atomic mass is 16.5. The highest BCUT2D eigenvalue weighted by Gasteiger charge is 2.50. The van der Waals surface area contributed by atoms with Crippen LogP contribution in [0.25, 0.3) is 0 Å². The number of hydrogen-bond acceptors (Lipinski definition) is 5. The second-order valence-electron chi connectivity index (χ2n) is 7.65. The number of rotatable bonds is 6. The molecule has 25 heavy (non-hydrogen) atoms. The first-order valence-electron chi connectivity index (χ1n) is 9.20. The fourth-order valence-electron chi connectivity index (χ4n) is 4.11. The smallest absolute Gasteiger partial charge is 0.225 e. The maximum absolute atomic E-state index is 12.9. The van der Waals surface area contributed by atoms with Crippen molar-refractivity contribution in [1.82, 2.24) is 20.1 Å². The van der Waals surface area contributed by atoms with Crippen LogP contribution in [0.2, 0.25) is 0 Å². The lowest BCUT2D eigenvalue weighted by atomic mass is 9.72. The number of likely N-dealkylation sites (N-methyl/N-ethyl adjacent to an activating group) is 1. The zero-order valence-electron chi connectivity index (χ0n) is 15.4. The number of ether oxygens (including phenoxy) is 1. The normalized spacial score (nSPS) is 23.2. The lowest BCUT2D eigenvalue weighted by Gasteiger charge is -2.37. The third-order valence-electron chi connectivity index (χ3n) is 5.51. The summed E-state index contributed by atoms with van der Waals surface area (Å²) in [6.07, 6.45) is 5.67. The minimum Gasteiger partial charge on any atom is -0.381 e. The standard InChI is InChI=1S/C19H30N4O2/c1-22(2)9-8-21-18(24)17-14-23(13-16-4-3-7-20-12-16)15-19(17)5-10-25-11-6-19/h3-4,7,12,17H,5-6,8-11,13-15H2,1-2H3,(H,21,24). The number of nitrogens with zero attached hydrogens (tertiary/aromatic N) is 3. The SMILES string of the molecule is CN(C)CCNC(=O)C1CN(Cc2cccnc2)CC12CCOCC2. The van der Waals surface area contributed by atoms with Crippen molar-refractivity contribution in [3.63, 3.8) is 0 Å². The average Bonchev–Trinajstić information content (AvgIpc) is 2.93. The number of carbonyl (C=O) groups is 1. The maximum Gasteiger partial charge on any atom is 0.225 e. The van der Waals surface area contributed by atoms with Crippen molar-refractivity contribution in [2.24, 2.45) is 11.3 Å². The second kappa shape index (κ2) is 8.25. The van der Waals surface area contributed by atoms with Crippen LogP contribution < -0.4 is 5.32 Å². The van der Waals surface area contributed by atoms with Crippen LogP contribution >= 0.6 is 0 Å². The molecule has 2 saturated heterocycles. The minimum absolute atomic E-state index is 0.0511. The molecule has 0 saturated carbocycles. The molecule has 3 rings (SSSR count). The van der Waals surface area contributed by atoms with Gasteiger partial charge in [0, 0.05) is 63.7 Å². The van der Waals surface area contributed by atoms with Crippen molar-refractivity contribution >= 4 is 5.91 Å². The number of aromatic nitrogens is 1. The summed E-state index contributed by atoms with van der Waals surface area (Å²) in [5.41, 5.74) is 1.27. The largest absolute Gasteiger partial charge is 0.381 e. The van der Waals surface area contributed by atoms with Crippen molar-refractivity contribution < 1.29 is 9.53 Å². The third-order valence-corrected chi connectivity index (χ3v) is 5.51. The number of hydrogen-bond donors (Lipinski definition) is 1. The van der Waals surface area contributed by atoms with Crippen LogP contribution in [0.4, 0.5) is 0 Å². The molecular formula is C19H30N4O2. The molecule has 1 N–H and O–H groups in total. The summed E-state index contributed by atoms with van der Waals surface area (Å²) >= 11 is 0. The lowest BCUT2D eigenvalue weighted by molar-refractivity contribution is -0.129. The molecule has 0 aliphatic carbocycles. The van der Waals surface area contributed by atoms with E-state index in [1.807, 2.05) is 26.4 Å². The first-order valence-corrected chi connectivity index (χ1v) is 9.20. The Bertz CT molecular complexity index is 558. The van der Waals surface area contributed by atoms with Crippen LogP contribution in [0, 0.1) is 11.3 Å². The quantitative estimate of drug-likeness (QED) is 0.832. The van der Waals surface area contributed by atoms with Crippen molar-refractivity contribution in [2.75, 3.05) is 53.5 Å². The van der Waals surface area contributed by atoms with Crippen LogP contribution in [0.3, 0.4) is 0 Å². The van der Waals surface area contributed by atoms with Crippen LogP contribution in [0.1, 0.15) is 18.4 Å². The molecule has 1 amide bonds. The van der Waals surface area contributed by atoms with Crippen molar-refractivity contribution in [2.45, 2.75) is 19.4 Å². The van der Waals surface area contributed by atoms with Gasteiger partial charge in [0.2, 0.25) is 5.91 Å². The van der Waals surface area contributed by atoms with Crippen molar-refractivity contribution in [3.05, 3.63) is 30.1 Å². The molecule has 3 heterocycles. The molecule has 138 valence electrons. The van der Waals surface area contributed by atoms with Crippen molar-refractivity contribution in [1.29, 1.82) is 0 Å². The van der Waals surface area contributed by atoms with Crippen LogP contribution in [-0.4, -0.2) is 74.2 Å². The van der Waals surface area contributed by atoms with Gasteiger partial charge in [-0.15, -0.1) is 0 Å². The van der Waals surface area contributed by atoms with Crippen LogP contribution in [0.5, 0.6) is 0 Å². The van der Waals surface area contributed by atoms with Crippen molar-refractivity contribution in [3.8, 4) is 0 Å². The van der Waals surface area contributed by atoms with Gasteiger partial charge in [-0.1, -0.05) is 6.07 Å². The predicted octanol–water partition coefficient (Wildman–Crippen LogP) is 0.988. The van der Waals surface area contributed by atoms with E-state index in [2.05, 4.69) is 26.2 Å². The molecule has 0 bridgehead atoms. The fourth-order valence-corrected chi connectivity index (χ4v) is 4.11. The second-order valence-corrected chi connectivity index (χ2v) is 7.65. The van der Waals surface area contributed by atoms with Crippen LogP contribution in [-0.2, 0) is 16.1 Å². The Hall–Kier alpha value is -1.50. The molecule has 1 spiro atoms. The van der Waals surface area contributed by atoms with Gasteiger partial charge in [0.1, 0.15) is 0 Å². The molecule has 2 aliphatic rings. The van der Waals surface area contributed by atoms with E-state index in [1.54, 1.807) is 6.20 Å². The molecule has 6 heteroatoms. The van der Waals surface area contributed by atoms with Crippen LogP contribution in [0.15, 0.2) is 24.5 Å². The first-order chi connectivity index (χ1) is 12.1. The summed E-state index contributed by atoms with van der Waals surface area (Å²) in [4.78, 5) is 21.6. The summed E-state index contributed by atoms with van der Waals surface area (Å²) in [7, 11) is 4.05. The molecule has 0 radical (unpaired) electrons. The average molecular weight is 346 g/mol. The zero-order chi connectivity index (χ0) is 17.7. The monoisotopic (exact) mass is 346 g/mol. The van der Waals surface area contributed by atoms with Gasteiger partial charge >= 0.3 is 0 Å². The summed E-state index contributed by atoms with van der Waals surface area (Å²) in [5, 5.41) is 3.15. The molecule has 1 unspecified atom stereocenters. The number of amides is 1. The Morgan fingerprint density at radius 2 is 2.24 bits per heavy atom. The van der Waals surface area contributed by atoms with E-state index in [-0.39, 0.29) is 17.2 Å². The molecular weight excluding hydrogens is 316 g/mol. The Morgan fingerprint density at radius 3 is 2.92 bits per heavy atom. The first kappa shape index (κ1) is 18.3. The van der Waals surface area contributed by atoms with E-state index >= 15 is 0 Å². The zero-order valence-corrected chi connectivity index (χ0v) is 15.4. The Balaban J connectivity index is 1.66. The predicted molar refractivity (Wildman–Crippen MR) is 97.1 cm³/mol. The highest BCUT2D eigenvalue weighted by molar-refractivity contribution is 5.80. The Labute approximate surface area is 150 Å². The number of pyridine rings is 1. The molecule has 6 nitrogen and oxygen atoms in total. The van der Waals surface area contributed by atoms with Gasteiger partial charge in [-0.3, -0.25) is 14.7 Å². The third kappa shape index (κ3) is 4.57. The van der Waals surface area contributed by atoms with E-state index in [1.165, 1.54) is 5.56 Å². The van der Waals surface area contributed by atoms with Gasteiger partial charge in [-0.25, -0.2) is 0 Å². The maximum atomic E-state index is 12.9. The number of likely N-dealkylation sites (tertiary alicyclic amines) is 1. The van der Waals surface area contributed by atoms with Gasteiger partial charge in [0.25, 0.3) is 0 Å². The summed E-state index contributed by atoms with van der Waals surface area (Å²) in [6, 6.07) is 4.08. The van der Waals surface area contributed by atoms with Gasteiger partial charge in [-0.05, 0) is 38.6 Å². The highest BCUT2D eigenvalue weighted by Crippen LogP contribution is 2.44. The summed E-state index contributed by atoms with van der Waals surface area (Å²) < 4.78 is 5.58. The van der Waals surface area contributed by atoms with E-state index in [4.69, 9.17) is 4.74 Å². The van der Waals surface area contributed by atoms with Gasteiger partial charge < -0.3 is 15.0 Å². The van der Waals surface area contributed by atoms with E-state index in [9.17, 15) is 4.79 Å². The lowest BCUT2D eigenvalue weighted by Crippen LogP contribution is -2.45. The molecule has 1 atom stereocenters. The minimum atomic E-state index is 0.0511. The molecule has 1 aromatic rings. The molecule has 1 aromatic heterocycles. The Morgan fingerprint density at radius 1 is 1.44 bits per heavy atom. The van der Waals surface area contributed by atoms with Gasteiger partial charge in [-0.2, -0.15) is 0 Å². The molecule has 2 fully saturated rings. The topological polar surface area (TPSA) is 57.7 Å².